The van der Waals surface area contributed by atoms with E-state index in [-0.39, 0.29) is 12.4 Å². The number of nitrogens with two attached hydrogens (primary N) is 1. The second-order valence-corrected chi connectivity index (χ2v) is 3.23. The Bertz CT molecular complexity index is 348. The SMILES string of the molecule is C/C=C(Cl)/[NH+]=C(/N)C(F)(F)C(F)(F)C(F)(F)F.[Cl-]. The summed E-state index contributed by atoms with van der Waals surface area (Å²) in [6.45, 7) is 1.22. The lowest BCUT2D eigenvalue weighted by atomic mass is 10.1. The molecule has 0 aliphatic rings. The number of allylic oxidation sites excluding steroid dienone is 1. The number of alkyl halides is 7. The van der Waals surface area contributed by atoms with Gasteiger partial charge in [-0.05, 0) is 24.6 Å². The van der Waals surface area contributed by atoms with Crippen molar-refractivity contribution in [2.24, 2.45) is 5.73 Å². The van der Waals surface area contributed by atoms with E-state index in [1.165, 1.54) is 11.9 Å². The van der Waals surface area contributed by atoms with Gasteiger partial charge in [0.15, 0.2) is 5.16 Å². The minimum absolute atomic E-state index is 0. The predicted octanol–water partition coefficient (Wildman–Crippen LogP) is -1.64. The van der Waals surface area contributed by atoms with E-state index < -0.39 is 29.0 Å². The van der Waals surface area contributed by atoms with Gasteiger partial charge in [0.2, 0.25) is 0 Å². The first kappa shape index (κ1) is 19.6. The molecular weight excluding hydrogens is 316 g/mol. The number of rotatable bonds is 3. The summed E-state index contributed by atoms with van der Waals surface area (Å²) < 4.78 is 85.7. The highest BCUT2D eigenvalue weighted by Crippen LogP contribution is 2.45. The average molecular weight is 323 g/mol. The van der Waals surface area contributed by atoms with E-state index >= 15 is 0 Å². The minimum atomic E-state index is -6.44. The van der Waals surface area contributed by atoms with Crippen LogP contribution in [0.1, 0.15) is 6.92 Å². The Hall–Kier alpha value is -0.700. The summed E-state index contributed by atoms with van der Waals surface area (Å²) in [6, 6.07) is 0. The maximum Gasteiger partial charge on any atom is 0.460 e. The highest BCUT2D eigenvalue weighted by atomic mass is 35.5. The molecule has 0 spiro atoms. The second-order valence-electron chi connectivity index (χ2n) is 2.82. The normalized spacial score (nSPS) is 15.4. The molecule has 0 aliphatic heterocycles. The molecule has 0 aromatic rings. The van der Waals surface area contributed by atoms with Crippen molar-refractivity contribution in [2.45, 2.75) is 24.9 Å². The van der Waals surface area contributed by atoms with E-state index in [2.05, 4.69) is 5.73 Å². The molecule has 0 atom stereocenters. The fourth-order valence-electron chi connectivity index (χ4n) is 0.626. The summed E-state index contributed by atoms with van der Waals surface area (Å²) in [7, 11) is 0. The lowest BCUT2D eigenvalue weighted by Crippen LogP contribution is -3.00. The highest BCUT2D eigenvalue weighted by molar-refractivity contribution is 6.27. The molecule has 2 nitrogen and oxygen atoms in total. The number of hydrogen-bond acceptors (Lipinski definition) is 0. The first-order chi connectivity index (χ1) is 7.38. The maximum absolute atomic E-state index is 12.8. The monoisotopic (exact) mass is 322 g/mol. The standard InChI is InChI=1S/C7H6ClF7N2.ClH/c1-2-3(8)17-4(16)5(9,10)6(11,12)7(13,14)15;/h2H,1H3,(H2,16,17);1H/b3-2+;. The first-order valence-corrected chi connectivity index (χ1v) is 4.29. The van der Waals surface area contributed by atoms with Crippen LogP contribution < -0.4 is 23.1 Å². The second kappa shape index (κ2) is 5.96. The predicted molar refractivity (Wildman–Crippen MR) is 45.7 cm³/mol. The topological polar surface area (TPSA) is 40.0 Å². The van der Waals surface area contributed by atoms with Crippen molar-refractivity contribution < 1.29 is 48.1 Å². The lowest BCUT2D eigenvalue weighted by molar-refractivity contribution is -0.409. The van der Waals surface area contributed by atoms with Gasteiger partial charge < -0.3 is 12.4 Å². The molecule has 0 bridgehead atoms. The third-order valence-corrected chi connectivity index (χ3v) is 1.91. The zero-order valence-electron chi connectivity index (χ0n) is 8.56. The maximum atomic E-state index is 12.8. The third kappa shape index (κ3) is 3.64. The molecule has 0 aliphatic carbocycles. The average Bonchev–Trinajstić information content (AvgIpc) is 2.15. The van der Waals surface area contributed by atoms with Gasteiger partial charge >= 0.3 is 23.9 Å². The van der Waals surface area contributed by atoms with Crippen molar-refractivity contribution >= 4 is 17.4 Å². The van der Waals surface area contributed by atoms with Crippen LogP contribution in [0.4, 0.5) is 30.7 Å². The molecule has 0 saturated heterocycles. The van der Waals surface area contributed by atoms with Gasteiger partial charge in [0, 0.05) is 0 Å². The van der Waals surface area contributed by atoms with Crippen LogP contribution in [0.2, 0.25) is 0 Å². The van der Waals surface area contributed by atoms with Crippen LogP contribution in [0.25, 0.3) is 0 Å². The van der Waals surface area contributed by atoms with Crippen molar-refractivity contribution in [3.05, 3.63) is 11.2 Å². The number of nitrogens with one attached hydrogen (secondary N) is 1. The van der Waals surface area contributed by atoms with Gasteiger partial charge in [-0.15, -0.1) is 0 Å². The molecule has 0 aromatic carbocycles. The molecule has 18 heavy (non-hydrogen) atoms. The number of amidine groups is 1. The van der Waals surface area contributed by atoms with Crippen LogP contribution in [0, 0.1) is 0 Å². The van der Waals surface area contributed by atoms with E-state index in [4.69, 9.17) is 11.6 Å². The number of halogens is 9. The smallest absolute Gasteiger partial charge is 0.460 e. The Kier molecular flexibility index (Phi) is 6.50. The Labute approximate surface area is 108 Å². The fourth-order valence-corrected chi connectivity index (χ4v) is 0.728. The summed E-state index contributed by atoms with van der Waals surface area (Å²) >= 11 is 5.12. The molecule has 108 valence electrons. The summed E-state index contributed by atoms with van der Waals surface area (Å²) in [5, 5.41) is -0.611. The molecule has 0 aromatic heterocycles. The highest BCUT2D eigenvalue weighted by Gasteiger charge is 2.76. The Balaban J connectivity index is 0. The van der Waals surface area contributed by atoms with Gasteiger partial charge in [0.25, 0.3) is 0 Å². The van der Waals surface area contributed by atoms with Gasteiger partial charge in [0.05, 0.1) is 0 Å². The molecule has 11 heteroatoms. The summed E-state index contributed by atoms with van der Waals surface area (Å²) in [5.41, 5.74) is 4.46. The molecule has 0 amide bonds. The Morgan fingerprint density at radius 2 is 1.50 bits per heavy atom. The van der Waals surface area contributed by atoms with E-state index in [0.29, 0.717) is 0 Å². The van der Waals surface area contributed by atoms with Gasteiger partial charge in [0.1, 0.15) is 0 Å². The zero-order chi connectivity index (χ0) is 14.1. The van der Waals surface area contributed by atoms with E-state index in [1.54, 1.807) is 0 Å². The molecule has 0 heterocycles. The zero-order valence-corrected chi connectivity index (χ0v) is 10.1. The minimum Gasteiger partial charge on any atom is -1.00 e. The summed E-state index contributed by atoms with van der Waals surface area (Å²) in [5.74, 6) is -14.0. The molecular formula is C7H7Cl2F7N2. The van der Waals surface area contributed by atoms with Crippen molar-refractivity contribution in [1.82, 2.24) is 0 Å². The van der Waals surface area contributed by atoms with Crippen molar-refractivity contribution in [1.29, 1.82) is 0 Å². The Morgan fingerprint density at radius 1 is 1.11 bits per heavy atom. The number of hydrogen-bond donors (Lipinski definition) is 2. The van der Waals surface area contributed by atoms with Gasteiger partial charge in [-0.25, -0.2) is 4.99 Å². The fraction of sp³-hybridized carbons (Fsp3) is 0.571. The molecule has 3 N–H and O–H groups in total. The van der Waals surface area contributed by atoms with Crippen LogP contribution in [0.3, 0.4) is 0 Å². The molecule has 0 saturated carbocycles. The first-order valence-electron chi connectivity index (χ1n) is 3.92. The molecule has 0 radical (unpaired) electrons. The lowest BCUT2D eigenvalue weighted by Gasteiger charge is -2.25. The van der Waals surface area contributed by atoms with Crippen LogP contribution in [-0.2, 0) is 0 Å². The van der Waals surface area contributed by atoms with E-state index in [9.17, 15) is 30.7 Å². The van der Waals surface area contributed by atoms with Crippen LogP contribution in [-0.4, -0.2) is 23.9 Å². The van der Waals surface area contributed by atoms with Gasteiger partial charge in [-0.3, -0.25) is 5.73 Å². The largest absolute Gasteiger partial charge is 1.00 e. The molecule has 0 rings (SSSR count). The third-order valence-electron chi connectivity index (χ3n) is 1.60. The van der Waals surface area contributed by atoms with Gasteiger partial charge in [-0.2, -0.15) is 30.7 Å². The summed E-state index contributed by atoms with van der Waals surface area (Å²) in [6.07, 6.45) is -5.50. The van der Waals surface area contributed by atoms with E-state index in [1.807, 2.05) is 0 Å². The molecule has 0 fully saturated rings. The summed E-state index contributed by atoms with van der Waals surface area (Å²) in [4.78, 5) is 1.34. The Morgan fingerprint density at radius 3 is 1.78 bits per heavy atom. The van der Waals surface area contributed by atoms with Crippen molar-refractivity contribution in [3.8, 4) is 0 Å². The van der Waals surface area contributed by atoms with E-state index in [0.717, 1.165) is 6.08 Å². The van der Waals surface area contributed by atoms with Crippen molar-refractivity contribution in [3.63, 3.8) is 0 Å². The van der Waals surface area contributed by atoms with Crippen LogP contribution >= 0.6 is 11.6 Å². The quantitative estimate of drug-likeness (QED) is 0.278. The van der Waals surface area contributed by atoms with Crippen LogP contribution in [0.5, 0.6) is 0 Å². The van der Waals surface area contributed by atoms with Crippen molar-refractivity contribution in [2.75, 3.05) is 0 Å². The van der Waals surface area contributed by atoms with Crippen LogP contribution in [0.15, 0.2) is 11.2 Å². The van der Waals surface area contributed by atoms with Gasteiger partial charge in [-0.1, -0.05) is 0 Å². The molecule has 0 unspecified atom stereocenters.